The summed E-state index contributed by atoms with van der Waals surface area (Å²) in [4.78, 5) is 4.70. The van der Waals surface area contributed by atoms with Gasteiger partial charge >= 0.3 is 0 Å². The average molecular weight is 252 g/mol. The summed E-state index contributed by atoms with van der Waals surface area (Å²) < 4.78 is 0. The van der Waals surface area contributed by atoms with Gasteiger partial charge in [0.05, 0.1) is 0 Å². The van der Waals surface area contributed by atoms with Gasteiger partial charge < -0.3 is 9.80 Å². The van der Waals surface area contributed by atoms with Gasteiger partial charge in [0.25, 0.3) is 0 Å². The lowest BCUT2D eigenvalue weighted by molar-refractivity contribution is 0.836. The van der Waals surface area contributed by atoms with Crippen molar-refractivity contribution in [2.45, 2.75) is 20.0 Å². The molecule has 98 valence electrons. The lowest BCUT2D eigenvalue weighted by Gasteiger charge is -2.32. The number of para-hydroxylation sites is 1. The predicted octanol–water partition coefficient (Wildman–Crippen LogP) is 3.58. The van der Waals surface area contributed by atoms with Gasteiger partial charge in [0, 0.05) is 38.6 Å². The molecule has 0 saturated heterocycles. The first-order valence-electron chi connectivity index (χ1n) is 6.75. The molecular formula is C17H20N2. The smallest absolute Gasteiger partial charge is 0.0446 e. The standard InChI is InChI=1S/C17H20N2/c1-13-8-9-17-15(10-13)12-19(3)16-7-5-4-6-14(16)11-18(17)2/h4-10H,11-12H2,1-3H3. The number of anilines is 2. The van der Waals surface area contributed by atoms with Crippen molar-refractivity contribution < 1.29 is 0 Å². The molecule has 3 rings (SSSR count). The minimum absolute atomic E-state index is 0.955. The van der Waals surface area contributed by atoms with Crippen LogP contribution in [0.3, 0.4) is 0 Å². The van der Waals surface area contributed by atoms with E-state index < -0.39 is 0 Å². The van der Waals surface area contributed by atoms with Gasteiger partial charge in [0.2, 0.25) is 0 Å². The highest BCUT2D eigenvalue weighted by Gasteiger charge is 2.17. The fourth-order valence-corrected chi connectivity index (χ4v) is 2.91. The van der Waals surface area contributed by atoms with Gasteiger partial charge in [-0.15, -0.1) is 0 Å². The molecule has 0 aromatic heterocycles. The highest BCUT2D eigenvalue weighted by molar-refractivity contribution is 5.62. The van der Waals surface area contributed by atoms with Crippen molar-refractivity contribution in [3.8, 4) is 0 Å². The first-order chi connectivity index (χ1) is 9.15. The van der Waals surface area contributed by atoms with Crippen LogP contribution in [0.1, 0.15) is 16.7 Å². The van der Waals surface area contributed by atoms with Crippen LogP contribution in [0.4, 0.5) is 11.4 Å². The molecule has 1 aliphatic rings. The fraction of sp³-hybridized carbons (Fsp3) is 0.294. The van der Waals surface area contributed by atoms with Crippen molar-refractivity contribution in [2.24, 2.45) is 0 Å². The van der Waals surface area contributed by atoms with Crippen molar-refractivity contribution in [1.82, 2.24) is 0 Å². The van der Waals surface area contributed by atoms with E-state index in [0.717, 1.165) is 13.1 Å². The molecule has 0 saturated carbocycles. The Bertz CT molecular complexity index is 604. The summed E-state index contributed by atoms with van der Waals surface area (Å²) in [6.07, 6.45) is 0. The zero-order valence-electron chi connectivity index (χ0n) is 11.9. The monoisotopic (exact) mass is 252 g/mol. The second-order valence-electron chi connectivity index (χ2n) is 5.47. The third-order valence-corrected chi connectivity index (χ3v) is 3.86. The summed E-state index contributed by atoms with van der Waals surface area (Å²) >= 11 is 0. The van der Waals surface area contributed by atoms with Gasteiger partial charge in [-0.05, 0) is 30.2 Å². The Kier molecular flexibility index (Phi) is 2.94. The van der Waals surface area contributed by atoms with Gasteiger partial charge in [-0.25, -0.2) is 0 Å². The van der Waals surface area contributed by atoms with Crippen LogP contribution in [0.25, 0.3) is 0 Å². The summed E-state index contributed by atoms with van der Waals surface area (Å²) in [5.41, 5.74) is 6.79. The zero-order valence-corrected chi connectivity index (χ0v) is 11.9. The van der Waals surface area contributed by atoms with Crippen LogP contribution in [-0.2, 0) is 13.1 Å². The normalized spacial score (nSPS) is 14.5. The first-order valence-corrected chi connectivity index (χ1v) is 6.75. The zero-order chi connectivity index (χ0) is 13.4. The maximum atomic E-state index is 2.35. The van der Waals surface area contributed by atoms with Crippen LogP contribution in [0, 0.1) is 6.92 Å². The number of fused-ring (bicyclic) bond motifs is 2. The largest absolute Gasteiger partial charge is 0.370 e. The van der Waals surface area contributed by atoms with E-state index in [0.29, 0.717) is 0 Å². The molecule has 0 unspecified atom stereocenters. The molecule has 2 nitrogen and oxygen atoms in total. The lowest BCUT2D eigenvalue weighted by Crippen LogP contribution is -2.27. The van der Waals surface area contributed by atoms with Crippen molar-refractivity contribution in [3.05, 3.63) is 59.2 Å². The van der Waals surface area contributed by atoms with Gasteiger partial charge in [-0.2, -0.15) is 0 Å². The molecule has 19 heavy (non-hydrogen) atoms. The van der Waals surface area contributed by atoms with Crippen LogP contribution in [0.5, 0.6) is 0 Å². The second-order valence-corrected chi connectivity index (χ2v) is 5.47. The third-order valence-electron chi connectivity index (χ3n) is 3.86. The Hall–Kier alpha value is -1.96. The molecule has 0 bridgehead atoms. The fourth-order valence-electron chi connectivity index (χ4n) is 2.91. The molecule has 0 amide bonds. The van der Waals surface area contributed by atoms with E-state index in [-0.39, 0.29) is 0 Å². The van der Waals surface area contributed by atoms with Gasteiger partial charge in [0.1, 0.15) is 0 Å². The number of aryl methyl sites for hydroxylation is 1. The van der Waals surface area contributed by atoms with E-state index in [2.05, 4.69) is 73.3 Å². The number of benzene rings is 2. The van der Waals surface area contributed by atoms with E-state index in [1.807, 2.05) is 0 Å². The Labute approximate surface area is 115 Å². The lowest BCUT2D eigenvalue weighted by atomic mass is 10.0. The molecule has 0 spiro atoms. The predicted molar refractivity (Wildman–Crippen MR) is 81.8 cm³/mol. The molecule has 0 N–H and O–H groups in total. The van der Waals surface area contributed by atoms with E-state index in [4.69, 9.17) is 0 Å². The highest BCUT2D eigenvalue weighted by atomic mass is 15.2. The molecule has 0 aliphatic carbocycles. The second kappa shape index (κ2) is 4.61. The van der Waals surface area contributed by atoms with Crippen LogP contribution in [-0.4, -0.2) is 14.1 Å². The number of hydrogen-bond acceptors (Lipinski definition) is 2. The van der Waals surface area contributed by atoms with E-state index in [1.165, 1.54) is 28.1 Å². The Morgan fingerprint density at radius 2 is 1.42 bits per heavy atom. The quantitative estimate of drug-likeness (QED) is 0.707. The molecule has 1 aliphatic heterocycles. The Morgan fingerprint density at radius 1 is 0.789 bits per heavy atom. The van der Waals surface area contributed by atoms with E-state index in [9.17, 15) is 0 Å². The number of nitrogens with zero attached hydrogens (tertiary/aromatic N) is 2. The third kappa shape index (κ3) is 2.19. The van der Waals surface area contributed by atoms with Crippen molar-refractivity contribution in [1.29, 1.82) is 0 Å². The van der Waals surface area contributed by atoms with Crippen LogP contribution in [0.15, 0.2) is 42.5 Å². The van der Waals surface area contributed by atoms with Crippen molar-refractivity contribution >= 4 is 11.4 Å². The highest BCUT2D eigenvalue weighted by Crippen LogP contribution is 2.31. The topological polar surface area (TPSA) is 6.48 Å². The summed E-state index contributed by atoms with van der Waals surface area (Å²) in [5.74, 6) is 0. The minimum Gasteiger partial charge on any atom is -0.370 e. The number of hydrogen-bond donors (Lipinski definition) is 0. The van der Waals surface area contributed by atoms with Crippen LogP contribution >= 0.6 is 0 Å². The SMILES string of the molecule is Cc1ccc2c(c1)CN(C)c1ccccc1CN2C. The summed E-state index contributed by atoms with van der Waals surface area (Å²) in [7, 11) is 4.35. The summed E-state index contributed by atoms with van der Waals surface area (Å²) in [6.45, 7) is 4.07. The number of rotatable bonds is 0. The van der Waals surface area contributed by atoms with E-state index in [1.54, 1.807) is 0 Å². The Morgan fingerprint density at radius 3 is 2.21 bits per heavy atom. The minimum atomic E-state index is 0.955. The maximum absolute atomic E-state index is 2.35. The maximum Gasteiger partial charge on any atom is 0.0446 e. The molecule has 2 aromatic rings. The van der Waals surface area contributed by atoms with Gasteiger partial charge in [0.15, 0.2) is 0 Å². The molecule has 2 heteroatoms. The average Bonchev–Trinajstić information content (AvgIpc) is 2.38. The van der Waals surface area contributed by atoms with Crippen molar-refractivity contribution in [2.75, 3.05) is 23.9 Å². The molecule has 1 heterocycles. The molecule has 0 atom stereocenters. The summed E-state index contributed by atoms with van der Waals surface area (Å²) in [5, 5.41) is 0. The molecule has 0 radical (unpaired) electrons. The van der Waals surface area contributed by atoms with Crippen LogP contribution in [0.2, 0.25) is 0 Å². The van der Waals surface area contributed by atoms with Gasteiger partial charge in [-0.3, -0.25) is 0 Å². The van der Waals surface area contributed by atoms with Crippen LogP contribution < -0.4 is 9.80 Å². The van der Waals surface area contributed by atoms with Gasteiger partial charge in [-0.1, -0.05) is 35.9 Å². The Balaban J connectivity index is 2.09. The molecule has 0 fully saturated rings. The first kappa shape index (κ1) is 12.1. The molecular weight excluding hydrogens is 232 g/mol. The van der Waals surface area contributed by atoms with Crippen molar-refractivity contribution in [3.63, 3.8) is 0 Å². The summed E-state index contributed by atoms with van der Waals surface area (Å²) in [6, 6.07) is 15.4. The van der Waals surface area contributed by atoms with E-state index >= 15 is 0 Å². The molecule has 2 aromatic carbocycles.